The number of fused-ring (bicyclic) bond motifs is 1. The maximum atomic E-state index is 12.3. The van der Waals surface area contributed by atoms with E-state index in [-0.39, 0.29) is 11.5 Å². The van der Waals surface area contributed by atoms with Crippen molar-refractivity contribution >= 4 is 38.8 Å². The molecule has 124 valence electrons. The van der Waals surface area contributed by atoms with Crippen molar-refractivity contribution in [2.75, 3.05) is 6.54 Å². The number of hydrogen-bond donors (Lipinski definition) is 2. The summed E-state index contributed by atoms with van der Waals surface area (Å²) in [5, 5.41) is 13.2. The Kier molecular flexibility index (Phi) is 5.32. The highest BCUT2D eigenvalue weighted by Gasteiger charge is 2.10. The molecule has 0 bridgehead atoms. The Morgan fingerprint density at radius 1 is 1.20 bits per heavy atom. The number of halogens is 1. The number of nitrogens with one attached hydrogen (secondary N) is 2. The zero-order valence-corrected chi connectivity index (χ0v) is 15.0. The maximum Gasteiger partial charge on any atom is 0.261 e. The van der Waals surface area contributed by atoms with Gasteiger partial charge in [0.2, 0.25) is 0 Å². The molecule has 3 aromatic rings. The van der Waals surface area contributed by atoms with Crippen LogP contribution in [0.3, 0.4) is 0 Å². The van der Waals surface area contributed by atoms with Gasteiger partial charge in [-0.25, -0.2) is 0 Å². The number of benzene rings is 2. The van der Waals surface area contributed by atoms with Crippen molar-refractivity contribution in [2.45, 2.75) is 6.42 Å². The fraction of sp³-hybridized carbons (Fsp3) is 0.100. The first-order valence-corrected chi connectivity index (χ1v) is 8.68. The quantitative estimate of drug-likeness (QED) is 0.503. The van der Waals surface area contributed by atoms with E-state index in [2.05, 4.69) is 32.3 Å². The highest BCUT2D eigenvalue weighted by molar-refractivity contribution is 9.10. The van der Waals surface area contributed by atoms with Crippen LogP contribution in [0, 0.1) is 11.3 Å². The second-order valence-corrected chi connectivity index (χ2v) is 6.41. The Morgan fingerprint density at radius 3 is 2.76 bits per heavy atom. The van der Waals surface area contributed by atoms with Gasteiger partial charge in [0.1, 0.15) is 11.6 Å². The van der Waals surface area contributed by atoms with Gasteiger partial charge in [0.05, 0.1) is 0 Å². The molecule has 0 aliphatic carbocycles. The Balaban J connectivity index is 1.65. The lowest BCUT2D eigenvalue weighted by atomic mass is 10.1. The van der Waals surface area contributed by atoms with E-state index in [4.69, 9.17) is 0 Å². The van der Waals surface area contributed by atoms with Crippen molar-refractivity contribution in [3.8, 4) is 6.07 Å². The minimum Gasteiger partial charge on any atom is -0.361 e. The zero-order chi connectivity index (χ0) is 17.6. The molecule has 0 spiro atoms. The van der Waals surface area contributed by atoms with E-state index in [1.165, 1.54) is 0 Å². The monoisotopic (exact) mass is 393 g/mol. The molecule has 5 heteroatoms. The third-order valence-electron chi connectivity index (χ3n) is 3.92. The van der Waals surface area contributed by atoms with Gasteiger partial charge < -0.3 is 10.3 Å². The second-order valence-electron chi connectivity index (χ2n) is 5.56. The number of nitriles is 1. The standard InChI is InChI=1S/C20H16BrN3O/c21-18-7-3-1-5-14(18)11-16(12-22)20(25)23-10-9-15-13-24-19-8-4-2-6-17(15)19/h1-8,11,13,24H,9-10H2,(H,23,25)/b16-11-. The van der Waals surface area contributed by atoms with Gasteiger partial charge in [0.25, 0.3) is 5.91 Å². The van der Waals surface area contributed by atoms with Crippen molar-refractivity contribution in [1.29, 1.82) is 5.26 Å². The SMILES string of the molecule is N#C/C(=C/c1ccccc1Br)C(=O)NCCc1c[nH]c2ccccc12. The number of amides is 1. The molecule has 1 aromatic heterocycles. The highest BCUT2D eigenvalue weighted by Crippen LogP contribution is 2.19. The number of hydrogen-bond acceptors (Lipinski definition) is 2. The van der Waals surface area contributed by atoms with Crippen molar-refractivity contribution in [3.63, 3.8) is 0 Å². The van der Waals surface area contributed by atoms with E-state index >= 15 is 0 Å². The van der Waals surface area contributed by atoms with Gasteiger partial charge in [-0.05, 0) is 35.8 Å². The Hall–Kier alpha value is -2.84. The molecule has 0 aliphatic rings. The van der Waals surface area contributed by atoms with Gasteiger partial charge in [0.15, 0.2) is 0 Å². The van der Waals surface area contributed by atoms with E-state index in [1.807, 2.05) is 54.7 Å². The molecule has 0 fully saturated rings. The van der Waals surface area contributed by atoms with Crippen molar-refractivity contribution in [2.24, 2.45) is 0 Å². The third kappa shape index (κ3) is 3.98. The van der Waals surface area contributed by atoms with Gasteiger partial charge in [-0.1, -0.05) is 52.3 Å². The number of aromatic nitrogens is 1. The largest absolute Gasteiger partial charge is 0.361 e. The summed E-state index contributed by atoms with van der Waals surface area (Å²) in [6.45, 7) is 0.468. The summed E-state index contributed by atoms with van der Waals surface area (Å²) in [5.41, 5.74) is 3.11. The smallest absolute Gasteiger partial charge is 0.261 e. The molecular formula is C20H16BrN3O. The second kappa shape index (κ2) is 7.82. The Morgan fingerprint density at radius 2 is 1.96 bits per heavy atom. The van der Waals surface area contributed by atoms with Gasteiger partial charge >= 0.3 is 0 Å². The lowest BCUT2D eigenvalue weighted by molar-refractivity contribution is -0.117. The van der Waals surface area contributed by atoms with E-state index in [0.29, 0.717) is 13.0 Å². The molecule has 2 aromatic carbocycles. The van der Waals surface area contributed by atoms with Crippen LogP contribution >= 0.6 is 15.9 Å². The minimum atomic E-state index is -0.363. The summed E-state index contributed by atoms with van der Waals surface area (Å²) >= 11 is 3.42. The van der Waals surface area contributed by atoms with Crippen LogP contribution in [0.5, 0.6) is 0 Å². The fourth-order valence-corrected chi connectivity index (χ4v) is 3.04. The molecule has 0 atom stereocenters. The number of H-pyrrole nitrogens is 1. The van der Waals surface area contributed by atoms with Crippen LogP contribution in [0.2, 0.25) is 0 Å². The predicted octanol–water partition coefficient (Wildman–Crippen LogP) is 4.20. The molecule has 3 rings (SSSR count). The molecule has 0 saturated heterocycles. The highest BCUT2D eigenvalue weighted by atomic mass is 79.9. The summed E-state index contributed by atoms with van der Waals surface area (Å²) in [7, 11) is 0. The van der Waals surface area contributed by atoms with E-state index in [0.717, 1.165) is 26.5 Å². The lowest BCUT2D eigenvalue weighted by Gasteiger charge is -2.05. The van der Waals surface area contributed by atoms with E-state index in [1.54, 1.807) is 6.08 Å². The van der Waals surface area contributed by atoms with Gasteiger partial charge in [0, 0.05) is 28.1 Å². The average molecular weight is 394 g/mol. The molecule has 0 saturated carbocycles. The number of rotatable bonds is 5. The predicted molar refractivity (Wildman–Crippen MR) is 103 cm³/mol. The van der Waals surface area contributed by atoms with Crippen LogP contribution in [0.1, 0.15) is 11.1 Å². The summed E-state index contributed by atoms with van der Waals surface area (Å²) in [6, 6.07) is 17.5. The first-order chi connectivity index (χ1) is 12.2. The van der Waals surface area contributed by atoms with Crippen LogP contribution in [0.4, 0.5) is 0 Å². The third-order valence-corrected chi connectivity index (χ3v) is 4.65. The molecule has 0 radical (unpaired) electrons. The van der Waals surface area contributed by atoms with Gasteiger partial charge in [-0.2, -0.15) is 5.26 Å². The molecule has 4 nitrogen and oxygen atoms in total. The summed E-state index contributed by atoms with van der Waals surface area (Å²) in [6.07, 6.45) is 4.24. The first kappa shape index (κ1) is 17.0. The Labute approximate surface area is 154 Å². The van der Waals surface area contributed by atoms with E-state index in [9.17, 15) is 10.1 Å². The van der Waals surface area contributed by atoms with Crippen LogP contribution in [-0.2, 0) is 11.2 Å². The number of carbonyl (C=O) groups excluding carboxylic acids is 1. The molecular weight excluding hydrogens is 378 g/mol. The molecule has 0 unspecified atom stereocenters. The van der Waals surface area contributed by atoms with Crippen molar-refractivity contribution in [3.05, 3.63) is 75.9 Å². The van der Waals surface area contributed by atoms with Crippen LogP contribution < -0.4 is 5.32 Å². The van der Waals surface area contributed by atoms with Crippen LogP contribution in [-0.4, -0.2) is 17.4 Å². The summed E-state index contributed by atoms with van der Waals surface area (Å²) < 4.78 is 0.842. The molecule has 25 heavy (non-hydrogen) atoms. The van der Waals surface area contributed by atoms with Gasteiger partial charge in [-0.15, -0.1) is 0 Å². The van der Waals surface area contributed by atoms with E-state index < -0.39 is 0 Å². The maximum absolute atomic E-state index is 12.3. The minimum absolute atomic E-state index is 0.0887. The molecule has 0 aliphatic heterocycles. The number of para-hydroxylation sites is 1. The summed E-state index contributed by atoms with van der Waals surface area (Å²) in [4.78, 5) is 15.5. The van der Waals surface area contributed by atoms with Crippen molar-refractivity contribution in [1.82, 2.24) is 10.3 Å². The van der Waals surface area contributed by atoms with Crippen LogP contribution in [0.25, 0.3) is 17.0 Å². The molecule has 1 heterocycles. The molecule has 1 amide bonds. The number of carbonyl (C=O) groups is 1. The first-order valence-electron chi connectivity index (χ1n) is 7.88. The Bertz CT molecular complexity index is 982. The topological polar surface area (TPSA) is 68.7 Å². The average Bonchev–Trinajstić information content (AvgIpc) is 3.04. The van der Waals surface area contributed by atoms with Crippen LogP contribution in [0.15, 0.2) is 64.8 Å². The lowest BCUT2D eigenvalue weighted by Crippen LogP contribution is -2.26. The fourth-order valence-electron chi connectivity index (χ4n) is 2.64. The zero-order valence-electron chi connectivity index (χ0n) is 13.4. The van der Waals surface area contributed by atoms with Gasteiger partial charge in [-0.3, -0.25) is 4.79 Å². The molecule has 2 N–H and O–H groups in total. The van der Waals surface area contributed by atoms with Crippen molar-refractivity contribution < 1.29 is 4.79 Å². The number of aromatic amines is 1. The number of nitrogens with zero attached hydrogens (tertiary/aromatic N) is 1. The normalized spacial score (nSPS) is 11.3. The summed E-state index contributed by atoms with van der Waals surface area (Å²) in [5.74, 6) is -0.363.